The topological polar surface area (TPSA) is 49.8 Å². The minimum Gasteiger partial charge on any atom is -0.442 e. The summed E-state index contributed by atoms with van der Waals surface area (Å²) in [4.78, 5) is 11.6. The zero-order valence-electron chi connectivity index (χ0n) is 10.4. The van der Waals surface area contributed by atoms with E-state index in [1.807, 2.05) is 12.2 Å². The van der Waals surface area contributed by atoms with Gasteiger partial charge in [-0.3, -0.25) is 5.21 Å². The number of hydroxylamine groups is 2. The van der Waals surface area contributed by atoms with Crippen molar-refractivity contribution in [2.75, 3.05) is 0 Å². The largest absolute Gasteiger partial charge is 0.442 e. The number of hydrogen-bond acceptors (Lipinski definition) is 3. The lowest BCUT2D eigenvalue weighted by molar-refractivity contribution is -0.111. The highest BCUT2D eigenvalue weighted by Gasteiger charge is 2.29. The van der Waals surface area contributed by atoms with Crippen molar-refractivity contribution in [3.8, 4) is 0 Å². The third-order valence-corrected chi connectivity index (χ3v) is 2.57. The van der Waals surface area contributed by atoms with E-state index in [4.69, 9.17) is 4.74 Å². The van der Waals surface area contributed by atoms with E-state index in [0.717, 1.165) is 12.8 Å². The Morgan fingerprint density at radius 3 is 2.56 bits per heavy atom. The first kappa shape index (κ1) is 13.0. The van der Waals surface area contributed by atoms with Crippen LogP contribution in [0.2, 0.25) is 0 Å². The highest BCUT2D eigenvalue weighted by atomic mass is 16.6. The number of amides is 1. The third kappa shape index (κ3) is 3.52. The van der Waals surface area contributed by atoms with Gasteiger partial charge in [-0.25, -0.2) is 4.79 Å². The molecule has 1 rings (SSSR count). The van der Waals surface area contributed by atoms with E-state index in [2.05, 4.69) is 6.92 Å². The van der Waals surface area contributed by atoms with E-state index in [-0.39, 0.29) is 6.04 Å². The molecule has 16 heavy (non-hydrogen) atoms. The van der Waals surface area contributed by atoms with Crippen molar-refractivity contribution in [1.29, 1.82) is 0 Å². The standard InChI is InChI=1S/C12H21NO3/c1-5-9-6-7-10(8-9)13(15)11(14)16-12(2,3)4/h6-7,9-10,15H,5,8H2,1-4H3/t9-,10+/m1/s1. The Morgan fingerprint density at radius 1 is 1.50 bits per heavy atom. The maximum Gasteiger partial charge on any atom is 0.434 e. The Hall–Kier alpha value is -1.03. The highest BCUT2D eigenvalue weighted by molar-refractivity contribution is 5.67. The fourth-order valence-electron chi connectivity index (χ4n) is 1.68. The van der Waals surface area contributed by atoms with Crippen molar-refractivity contribution in [3.05, 3.63) is 12.2 Å². The van der Waals surface area contributed by atoms with E-state index in [1.165, 1.54) is 0 Å². The summed E-state index contributed by atoms with van der Waals surface area (Å²) in [6.45, 7) is 7.42. The van der Waals surface area contributed by atoms with Crippen molar-refractivity contribution in [2.45, 2.75) is 52.2 Å². The number of carbonyl (C=O) groups excluding carboxylic acids is 1. The fourth-order valence-corrected chi connectivity index (χ4v) is 1.68. The quantitative estimate of drug-likeness (QED) is 0.448. The average Bonchev–Trinajstić information content (AvgIpc) is 2.61. The summed E-state index contributed by atoms with van der Waals surface area (Å²) in [5.74, 6) is 0.446. The first-order valence-corrected chi connectivity index (χ1v) is 5.73. The van der Waals surface area contributed by atoms with Crippen molar-refractivity contribution in [3.63, 3.8) is 0 Å². The predicted molar refractivity (Wildman–Crippen MR) is 61.2 cm³/mol. The minimum absolute atomic E-state index is 0.250. The normalized spacial score (nSPS) is 24.6. The molecule has 0 radical (unpaired) electrons. The van der Waals surface area contributed by atoms with E-state index in [9.17, 15) is 10.0 Å². The third-order valence-electron chi connectivity index (χ3n) is 2.57. The summed E-state index contributed by atoms with van der Waals surface area (Å²) in [5, 5.41) is 10.4. The second-order valence-electron chi connectivity index (χ2n) is 5.18. The molecule has 0 saturated heterocycles. The number of hydrogen-bond donors (Lipinski definition) is 1. The SMILES string of the molecule is CC[C@@H]1C=C[C@H](N(O)C(=O)OC(C)(C)C)C1. The lowest BCUT2D eigenvalue weighted by atomic mass is 10.1. The van der Waals surface area contributed by atoms with E-state index in [1.54, 1.807) is 20.8 Å². The molecule has 0 bridgehead atoms. The second-order valence-corrected chi connectivity index (χ2v) is 5.18. The molecule has 92 valence electrons. The van der Waals surface area contributed by atoms with Gasteiger partial charge in [-0.2, -0.15) is 5.06 Å². The lowest BCUT2D eigenvalue weighted by Gasteiger charge is -2.26. The summed E-state index contributed by atoms with van der Waals surface area (Å²) < 4.78 is 5.08. The highest BCUT2D eigenvalue weighted by Crippen LogP contribution is 2.24. The Kier molecular flexibility index (Phi) is 3.97. The number of nitrogens with zero attached hydrogens (tertiary/aromatic N) is 1. The molecule has 1 N–H and O–H groups in total. The van der Waals surface area contributed by atoms with Crippen LogP contribution in [0.25, 0.3) is 0 Å². The number of ether oxygens (including phenoxy) is 1. The molecule has 0 saturated carbocycles. The smallest absolute Gasteiger partial charge is 0.434 e. The van der Waals surface area contributed by atoms with E-state index >= 15 is 0 Å². The summed E-state index contributed by atoms with van der Waals surface area (Å²) >= 11 is 0. The molecule has 0 heterocycles. The Balaban J connectivity index is 2.50. The minimum atomic E-state index is -0.682. The van der Waals surface area contributed by atoms with Gasteiger partial charge in [-0.05, 0) is 39.5 Å². The van der Waals surface area contributed by atoms with Gasteiger partial charge >= 0.3 is 6.09 Å². The molecule has 4 heteroatoms. The van der Waals surface area contributed by atoms with Crippen LogP contribution in [0.3, 0.4) is 0 Å². The summed E-state index contributed by atoms with van der Waals surface area (Å²) in [6, 6.07) is -0.250. The van der Waals surface area contributed by atoms with E-state index < -0.39 is 11.7 Å². The molecule has 0 aromatic rings. The van der Waals surface area contributed by atoms with Gasteiger partial charge in [0.15, 0.2) is 0 Å². The van der Waals surface area contributed by atoms with Gasteiger partial charge in [0.2, 0.25) is 0 Å². The van der Waals surface area contributed by atoms with Crippen LogP contribution >= 0.6 is 0 Å². The van der Waals surface area contributed by atoms with Crippen LogP contribution in [0.4, 0.5) is 4.79 Å². The number of rotatable bonds is 2. The number of carbonyl (C=O) groups is 1. The fraction of sp³-hybridized carbons (Fsp3) is 0.750. The molecule has 1 aliphatic carbocycles. The van der Waals surface area contributed by atoms with Crippen LogP contribution in [0, 0.1) is 5.92 Å². The molecule has 0 aliphatic heterocycles. The molecule has 2 atom stereocenters. The monoisotopic (exact) mass is 227 g/mol. The molecule has 0 unspecified atom stereocenters. The second kappa shape index (κ2) is 4.87. The Labute approximate surface area is 96.8 Å². The summed E-state index contributed by atoms with van der Waals surface area (Å²) in [5.41, 5.74) is -0.579. The van der Waals surface area contributed by atoms with Crippen LogP contribution < -0.4 is 0 Å². The lowest BCUT2D eigenvalue weighted by Crippen LogP contribution is -2.39. The van der Waals surface area contributed by atoms with Gasteiger partial charge in [0.25, 0.3) is 0 Å². The Morgan fingerprint density at radius 2 is 2.12 bits per heavy atom. The number of allylic oxidation sites excluding steroid dienone is 1. The van der Waals surface area contributed by atoms with Gasteiger partial charge in [-0.15, -0.1) is 0 Å². The van der Waals surface area contributed by atoms with E-state index in [0.29, 0.717) is 11.0 Å². The Bertz CT molecular complexity index is 280. The van der Waals surface area contributed by atoms with Gasteiger partial charge in [0.05, 0.1) is 6.04 Å². The summed E-state index contributed by atoms with van der Waals surface area (Å²) in [6.07, 6.45) is 5.01. The van der Waals surface area contributed by atoms with Crippen LogP contribution in [0.15, 0.2) is 12.2 Å². The molecule has 0 aromatic carbocycles. The van der Waals surface area contributed by atoms with Gasteiger partial charge in [0.1, 0.15) is 5.60 Å². The maximum atomic E-state index is 11.6. The van der Waals surface area contributed by atoms with Crippen LogP contribution in [-0.4, -0.2) is 28.0 Å². The van der Waals surface area contributed by atoms with Gasteiger partial charge < -0.3 is 4.74 Å². The van der Waals surface area contributed by atoms with Crippen LogP contribution in [0.1, 0.15) is 40.5 Å². The molecular formula is C12H21NO3. The van der Waals surface area contributed by atoms with Crippen molar-refractivity contribution in [1.82, 2.24) is 5.06 Å². The molecule has 4 nitrogen and oxygen atoms in total. The molecule has 1 amide bonds. The van der Waals surface area contributed by atoms with Gasteiger partial charge in [0, 0.05) is 0 Å². The first-order valence-electron chi connectivity index (χ1n) is 5.73. The molecule has 1 aliphatic rings. The average molecular weight is 227 g/mol. The predicted octanol–water partition coefficient (Wildman–Crippen LogP) is 2.97. The molecule has 0 aromatic heterocycles. The molecule has 0 fully saturated rings. The van der Waals surface area contributed by atoms with Crippen LogP contribution in [-0.2, 0) is 4.74 Å². The van der Waals surface area contributed by atoms with Crippen molar-refractivity contribution < 1.29 is 14.7 Å². The zero-order valence-corrected chi connectivity index (χ0v) is 10.4. The molecular weight excluding hydrogens is 206 g/mol. The van der Waals surface area contributed by atoms with Crippen LogP contribution in [0.5, 0.6) is 0 Å². The maximum absolute atomic E-state index is 11.6. The summed E-state index contributed by atoms with van der Waals surface area (Å²) in [7, 11) is 0. The van der Waals surface area contributed by atoms with Gasteiger partial charge in [-0.1, -0.05) is 19.1 Å². The van der Waals surface area contributed by atoms with Crippen molar-refractivity contribution >= 4 is 6.09 Å². The zero-order chi connectivity index (χ0) is 12.3. The molecule has 0 spiro atoms. The van der Waals surface area contributed by atoms with Crippen molar-refractivity contribution in [2.24, 2.45) is 5.92 Å². The first-order chi connectivity index (χ1) is 7.33.